The zero-order valence-corrected chi connectivity index (χ0v) is 15.7. The Bertz CT molecular complexity index is 643. The van der Waals surface area contributed by atoms with Crippen LogP contribution >= 0.6 is 23.1 Å². The van der Waals surface area contributed by atoms with Crippen molar-refractivity contribution in [2.24, 2.45) is 0 Å². The molecule has 2 rings (SSSR count). The normalized spacial score (nSPS) is 10.8. The maximum absolute atomic E-state index is 12.3. The van der Waals surface area contributed by atoms with Crippen molar-refractivity contribution in [1.82, 2.24) is 5.32 Å². The first-order valence-corrected chi connectivity index (χ1v) is 9.98. The SMILES string of the molecule is CCOCCOCc1cccc(CNC(=O)c2sccc2SC)c1. The van der Waals surface area contributed by atoms with Crippen LogP contribution in [0.15, 0.2) is 40.6 Å². The molecule has 0 aliphatic heterocycles. The second kappa shape index (κ2) is 10.5. The predicted octanol–water partition coefficient (Wildman–Crippen LogP) is 3.95. The molecule has 0 atom stereocenters. The van der Waals surface area contributed by atoms with Crippen LogP contribution in [-0.4, -0.2) is 32.0 Å². The van der Waals surface area contributed by atoms with Gasteiger partial charge in [0, 0.05) is 18.0 Å². The third-order valence-electron chi connectivity index (χ3n) is 3.34. The lowest BCUT2D eigenvalue weighted by Gasteiger charge is -2.08. The number of thioether (sulfide) groups is 1. The smallest absolute Gasteiger partial charge is 0.262 e. The molecule has 6 heteroatoms. The van der Waals surface area contributed by atoms with E-state index in [1.807, 2.05) is 42.8 Å². The second-order valence-electron chi connectivity index (χ2n) is 5.07. The molecule has 0 saturated carbocycles. The summed E-state index contributed by atoms with van der Waals surface area (Å²) < 4.78 is 10.8. The molecule has 0 spiro atoms. The van der Waals surface area contributed by atoms with Gasteiger partial charge in [-0.15, -0.1) is 23.1 Å². The highest BCUT2D eigenvalue weighted by Crippen LogP contribution is 2.25. The number of rotatable bonds is 10. The van der Waals surface area contributed by atoms with Crippen LogP contribution in [-0.2, 0) is 22.6 Å². The van der Waals surface area contributed by atoms with Gasteiger partial charge in [0.25, 0.3) is 5.91 Å². The highest BCUT2D eigenvalue weighted by atomic mass is 32.2. The van der Waals surface area contributed by atoms with E-state index in [-0.39, 0.29) is 5.91 Å². The van der Waals surface area contributed by atoms with Gasteiger partial charge in [-0.1, -0.05) is 24.3 Å². The summed E-state index contributed by atoms with van der Waals surface area (Å²) in [6, 6.07) is 10.1. The van der Waals surface area contributed by atoms with E-state index in [2.05, 4.69) is 11.4 Å². The summed E-state index contributed by atoms with van der Waals surface area (Å²) in [4.78, 5) is 14.1. The Morgan fingerprint density at radius 1 is 1.21 bits per heavy atom. The fraction of sp³-hybridized carbons (Fsp3) is 0.389. The topological polar surface area (TPSA) is 47.6 Å². The first-order chi connectivity index (χ1) is 11.7. The molecule has 0 aliphatic carbocycles. The van der Waals surface area contributed by atoms with Crippen molar-refractivity contribution in [2.45, 2.75) is 25.0 Å². The average molecular weight is 366 g/mol. The molecule has 0 fully saturated rings. The lowest BCUT2D eigenvalue weighted by atomic mass is 10.1. The van der Waals surface area contributed by atoms with Gasteiger partial charge in [-0.2, -0.15) is 0 Å². The molecule has 24 heavy (non-hydrogen) atoms. The molecule has 1 heterocycles. The highest BCUT2D eigenvalue weighted by Gasteiger charge is 2.12. The summed E-state index contributed by atoms with van der Waals surface area (Å²) in [6.45, 7) is 4.94. The Kier molecular flexibility index (Phi) is 8.32. The zero-order valence-electron chi connectivity index (χ0n) is 14.0. The average Bonchev–Trinajstić information content (AvgIpc) is 3.09. The van der Waals surface area contributed by atoms with Gasteiger partial charge >= 0.3 is 0 Å². The summed E-state index contributed by atoms with van der Waals surface area (Å²) in [6.07, 6.45) is 1.98. The van der Waals surface area contributed by atoms with Gasteiger partial charge in [0.15, 0.2) is 0 Å². The molecule has 0 radical (unpaired) electrons. The van der Waals surface area contributed by atoms with Crippen LogP contribution in [0.5, 0.6) is 0 Å². The van der Waals surface area contributed by atoms with E-state index in [1.165, 1.54) is 11.3 Å². The van der Waals surface area contributed by atoms with E-state index in [9.17, 15) is 4.79 Å². The number of benzene rings is 1. The quantitative estimate of drug-likeness (QED) is 0.511. The monoisotopic (exact) mass is 365 g/mol. The molecule has 130 valence electrons. The highest BCUT2D eigenvalue weighted by molar-refractivity contribution is 7.98. The van der Waals surface area contributed by atoms with Crippen LogP contribution in [0.1, 0.15) is 27.7 Å². The third-order valence-corrected chi connectivity index (χ3v) is 5.17. The molecule has 1 aromatic heterocycles. The number of hydrogen-bond acceptors (Lipinski definition) is 5. The van der Waals surface area contributed by atoms with Crippen molar-refractivity contribution in [1.29, 1.82) is 0 Å². The van der Waals surface area contributed by atoms with E-state index >= 15 is 0 Å². The fourth-order valence-electron chi connectivity index (χ4n) is 2.17. The van der Waals surface area contributed by atoms with Crippen LogP contribution < -0.4 is 5.32 Å². The molecule has 1 amide bonds. The van der Waals surface area contributed by atoms with Crippen molar-refractivity contribution >= 4 is 29.0 Å². The van der Waals surface area contributed by atoms with Gasteiger partial charge in [0.2, 0.25) is 0 Å². The van der Waals surface area contributed by atoms with Crippen LogP contribution in [0.3, 0.4) is 0 Å². The number of hydrogen-bond donors (Lipinski definition) is 1. The standard InChI is InChI=1S/C18H23NO3S2/c1-3-21-8-9-22-13-15-6-4-5-14(11-15)12-19-18(20)17-16(23-2)7-10-24-17/h4-7,10-11H,3,8-9,12-13H2,1-2H3,(H,19,20). The van der Waals surface area contributed by atoms with Crippen LogP contribution in [0.2, 0.25) is 0 Å². The molecule has 0 bridgehead atoms. The number of thiophene rings is 1. The summed E-state index contributed by atoms with van der Waals surface area (Å²) >= 11 is 3.07. The van der Waals surface area contributed by atoms with Crippen molar-refractivity contribution in [3.8, 4) is 0 Å². The molecule has 1 N–H and O–H groups in total. The van der Waals surface area contributed by atoms with E-state index < -0.39 is 0 Å². The Morgan fingerprint density at radius 2 is 2.00 bits per heavy atom. The maximum Gasteiger partial charge on any atom is 0.262 e. The molecule has 1 aromatic carbocycles. The lowest BCUT2D eigenvalue weighted by Crippen LogP contribution is -2.22. The summed E-state index contributed by atoms with van der Waals surface area (Å²) in [5.74, 6) is -0.0206. The minimum atomic E-state index is -0.0206. The molecule has 4 nitrogen and oxygen atoms in total. The van der Waals surface area contributed by atoms with Gasteiger partial charge in [0.1, 0.15) is 4.88 Å². The number of carbonyl (C=O) groups excluding carboxylic acids is 1. The Hall–Kier alpha value is -1.34. The predicted molar refractivity (Wildman–Crippen MR) is 99.9 cm³/mol. The minimum absolute atomic E-state index is 0.0206. The molecule has 2 aromatic rings. The number of ether oxygens (including phenoxy) is 2. The van der Waals surface area contributed by atoms with Gasteiger partial charge in [0.05, 0.1) is 19.8 Å². The fourth-order valence-corrected chi connectivity index (χ4v) is 3.83. The van der Waals surface area contributed by atoms with Crippen molar-refractivity contribution < 1.29 is 14.3 Å². The van der Waals surface area contributed by atoms with E-state index in [0.29, 0.717) is 33.0 Å². The van der Waals surface area contributed by atoms with E-state index in [0.717, 1.165) is 20.9 Å². The third kappa shape index (κ3) is 5.94. The summed E-state index contributed by atoms with van der Waals surface area (Å²) in [7, 11) is 0. The van der Waals surface area contributed by atoms with Gasteiger partial charge in [-0.05, 0) is 35.8 Å². The molecule has 0 unspecified atom stereocenters. The van der Waals surface area contributed by atoms with Crippen LogP contribution in [0, 0.1) is 0 Å². The Morgan fingerprint density at radius 3 is 2.79 bits per heavy atom. The van der Waals surface area contributed by atoms with Gasteiger partial charge in [-0.3, -0.25) is 4.79 Å². The Labute approximate surface area is 151 Å². The number of nitrogens with one attached hydrogen (secondary N) is 1. The van der Waals surface area contributed by atoms with Crippen molar-refractivity contribution in [2.75, 3.05) is 26.1 Å². The Balaban J connectivity index is 1.82. The summed E-state index contributed by atoms with van der Waals surface area (Å²) in [5.41, 5.74) is 2.16. The van der Waals surface area contributed by atoms with Crippen molar-refractivity contribution in [3.63, 3.8) is 0 Å². The van der Waals surface area contributed by atoms with Gasteiger partial charge < -0.3 is 14.8 Å². The lowest BCUT2D eigenvalue weighted by molar-refractivity contribution is 0.0453. The zero-order chi connectivity index (χ0) is 17.2. The maximum atomic E-state index is 12.3. The van der Waals surface area contributed by atoms with Crippen molar-refractivity contribution in [3.05, 3.63) is 51.7 Å². The molecule has 0 saturated heterocycles. The first kappa shape index (κ1) is 19.0. The van der Waals surface area contributed by atoms with E-state index in [4.69, 9.17) is 9.47 Å². The number of amides is 1. The van der Waals surface area contributed by atoms with Crippen LogP contribution in [0.4, 0.5) is 0 Å². The summed E-state index contributed by atoms with van der Waals surface area (Å²) in [5, 5.41) is 4.93. The minimum Gasteiger partial charge on any atom is -0.379 e. The number of carbonyl (C=O) groups is 1. The molecule has 0 aliphatic rings. The second-order valence-corrected chi connectivity index (χ2v) is 6.83. The van der Waals surface area contributed by atoms with E-state index in [1.54, 1.807) is 11.8 Å². The van der Waals surface area contributed by atoms with Crippen LogP contribution in [0.25, 0.3) is 0 Å². The molecular weight excluding hydrogens is 342 g/mol. The largest absolute Gasteiger partial charge is 0.379 e. The molecular formula is C18H23NO3S2. The first-order valence-electron chi connectivity index (χ1n) is 7.87. The van der Waals surface area contributed by atoms with Gasteiger partial charge in [-0.25, -0.2) is 0 Å².